The second-order valence-electron chi connectivity index (χ2n) is 5.92. The molecule has 0 saturated heterocycles. The van der Waals surface area contributed by atoms with E-state index in [1.54, 1.807) is 13.1 Å². The topological polar surface area (TPSA) is 68.0 Å². The third kappa shape index (κ3) is 4.27. The van der Waals surface area contributed by atoms with Gasteiger partial charge in [-0.15, -0.1) is 11.3 Å². The number of anilines is 1. The standard InChI is InChI=1S/C18H18ClN3O2S/c1-10-4-5-13(7-16(10)19)6-14-9-20-18(25-14)21-17(23)8-15-11(2)22-24-12(15)3/h4-5,7,9H,6,8H2,1-3H3,(H,20,21,23). The van der Waals surface area contributed by atoms with Crippen molar-refractivity contribution >= 4 is 34.0 Å². The summed E-state index contributed by atoms with van der Waals surface area (Å²) in [6.07, 6.45) is 2.74. The van der Waals surface area contributed by atoms with E-state index in [1.807, 2.05) is 26.0 Å². The van der Waals surface area contributed by atoms with Crippen LogP contribution in [0, 0.1) is 20.8 Å². The van der Waals surface area contributed by atoms with Gasteiger partial charge in [-0.25, -0.2) is 4.98 Å². The number of hydrogen-bond acceptors (Lipinski definition) is 5. The molecule has 130 valence electrons. The maximum atomic E-state index is 12.2. The lowest BCUT2D eigenvalue weighted by Crippen LogP contribution is -2.14. The number of carbonyl (C=O) groups is 1. The summed E-state index contributed by atoms with van der Waals surface area (Å²) in [5.74, 6) is 0.539. The van der Waals surface area contributed by atoms with Crippen LogP contribution in [0.1, 0.15) is 33.0 Å². The van der Waals surface area contributed by atoms with Gasteiger partial charge in [0.2, 0.25) is 5.91 Å². The molecule has 2 aromatic heterocycles. The zero-order valence-corrected chi connectivity index (χ0v) is 15.8. The van der Waals surface area contributed by atoms with Gasteiger partial charge in [0.25, 0.3) is 0 Å². The third-order valence-electron chi connectivity index (χ3n) is 3.93. The highest BCUT2D eigenvalue weighted by molar-refractivity contribution is 7.15. The molecule has 0 aliphatic carbocycles. The number of amides is 1. The van der Waals surface area contributed by atoms with Gasteiger partial charge in [0.15, 0.2) is 5.13 Å². The second kappa shape index (κ2) is 7.37. The Labute approximate surface area is 155 Å². The average Bonchev–Trinajstić information content (AvgIpc) is 3.12. The Kier molecular flexibility index (Phi) is 5.20. The Morgan fingerprint density at radius 1 is 1.32 bits per heavy atom. The van der Waals surface area contributed by atoms with Crippen LogP contribution in [0.15, 0.2) is 28.9 Å². The number of aryl methyl sites for hydroxylation is 3. The molecule has 0 atom stereocenters. The molecule has 1 N–H and O–H groups in total. The molecule has 0 unspecified atom stereocenters. The molecular weight excluding hydrogens is 358 g/mol. The van der Waals surface area contributed by atoms with Gasteiger partial charge in [-0.3, -0.25) is 4.79 Å². The van der Waals surface area contributed by atoms with E-state index >= 15 is 0 Å². The molecular formula is C18H18ClN3O2S. The van der Waals surface area contributed by atoms with Crippen molar-refractivity contribution in [2.75, 3.05) is 5.32 Å². The number of nitrogens with one attached hydrogen (secondary N) is 1. The van der Waals surface area contributed by atoms with Crippen LogP contribution in [0.25, 0.3) is 0 Å². The molecule has 1 amide bonds. The van der Waals surface area contributed by atoms with Gasteiger partial charge < -0.3 is 9.84 Å². The van der Waals surface area contributed by atoms with E-state index < -0.39 is 0 Å². The predicted molar refractivity (Wildman–Crippen MR) is 99.4 cm³/mol. The monoisotopic (exact) mass is 375 g/mol. The lowest BCUT2D eigenvalue weighted by Gasteiger charge is -2.02. The molecule has 0 fully saturated rings. The minimum atomic E-state index is -0.131. The van der Waals surface area contributed by atoms with Crippen LogP contribution < -0.4 is 5.32 Å². The fourth-order valence-corrected chi connectivity index (χ4v) is 3.54. The largest absolute Gasteiger partial charge is 0.361 e. The van der Waals surface area contributed by atoms with Gasteiger partial charge >= 0.3 is 0 Å². The lowest BCUT2D eigenvalue weighted by molar-refractivity contribution is -0.115. The quantitative estimate of drug-likeness (QED) is 0.713. The van der Waals surface area contributed by atoms with E-state index in [0.29, 0.717) is 10.9 Å². The Hall–Kier alpha value is -2.18. The first kappa shape index (κ1) is 17.6. The molecule has 3 rings (SSSR count). The van der Waals surface area contributed by atoms with Crippen molar-refractivity contribution in [3.05, 3.63) is 62.4 Å². The van der Waals surface area contributed by atoms with Crippen molar-refractivity contribution < 1.29 is 9.32 Å². The molecule has 0 aliphatic rings. The summed E-state index contributed by atoms with van der Waals surface area (Å²) in [5.41, 5.74) is 3.74. The second-order valence-corrected chi connectivity index (χ2v) is 7.44. The molecule has 0 spiro atoms. The number of thiazole rings is 1. The highest BCUT2D eigenvalue weighted by Gasteiger charge is 2.14. The van der Waals surface area contributed by atoms with Crippen LogP contribution in [0.4, 0.5) is 5.13 Å². The van der Waals surface area contributed by atoms with E-state index in [-0.39, 0.29) is 12.3 Å². The number of aromatic nitrogens is 2. The van der Waals surface area contributed by atoms with E-state index in [0.717, 1.165) is 38.7 Å². The fraction of sp³-hybridized carbons (Fsp3) is 0.278. The predicted octanol–water partition coefficient (Wildman–Crippen LogP) is 4.48. The summed E-state index contributed by atoms with van der Waals surface area (Å²) in [7, 11) is 0. The molecule has 1 aromatic carbocycles. The van der Waals surface area contributed by atoms with E-state index in [1.165, 1.54) is 11.3 Å². The van der Waals surface area contributed by atoms with Gasteiger partial charge in [-0.2, -0.15) is 0 Å². The van der Waals surface area contributed by atoms with Crippen LogP contribution in [0.3, 0.4) is 0 Å². The summed E-state index contributed by atoms with van der Waals surface area (Å²) in [6.45, 7) is 5.61. The summed E-state index contributed by atoms with van der Waals surface area (Å²) in [5, 5.41) is 8.04. The summed E-state index contributed by atoms with van der Waals surface area (Å²) < 4.78 is 5.08. The normalized spacial score (nSPS) is 10.9. The first-order valence-electron chi connectivity index (χ1n) is 7.83. The van der Waals surface area contributed by atoms with Crippen molar-refractivity contribution in [2.45, 2.75) is 33.6 Å². The van der Waals surface area contributed by atoms with Crippen molar-refractivity contribution in [2.24, 2.45) is 0 Å². The van der Waals surface area contributed by atoms with Crippen LogP contribution in [-0.4, -0.2) is 16.0 Å². The lowest BCUT2D eigenvalue weighted by atomic mass is 10.1. The first-order valence-corrected chi connectivity index (χ1v) is 9.03. The number of hydrogen-bond donors (Lipinski definition) is 1. The SMILES string of the molecule is Cc1ccc(Cc2cnc(NC(=O)Cc3c(C)noc3C)s2)cc1Cl. The van der Waals surface area contributed by atoms with Gasteiger partial charge in [0.05, 0.1) is 12.1 Å². The number of carbonyl (C=O) groups excluding carboxylic acids is 1. The molecule has 0 saturated carbocycles. The molecule has 25 heavy (non-hydrogen) atoms. The highest BCUT2D eigenvalue weighted by atomic mass is 35.5. The van der Waals surface area contributed by atoms with Crippen LogP contribution in [0.5, 0.6) is 0 Å². The molecule has 7 heteroatoms. The maximum absolute atomic E-state index is 12.2. The van der Waals surface area contributed by atoms with Gasteiger partial charge in [-0.05, 0) is 38.0 Å². The summed E-state index contributed by atoms with van der Waals surface area (Å²) in [6, 6.07) is 6.02. The number of rotatable bonds is 5. The summed E-state index contributed by atoms with van der Waals surface area (Å²) in [4.78, 5) is 17.5. The highest BCUT2D eigenvalue weighted by Crippen LogP contribution is 2.24. The van der Waals surface area contributed by atoms with Crippen molar-refractivity contribution in [3.63, 3.8) is 0 Å². The van der Waals surface area contributed by atoms with Crippen molar-refractivity contribution in [1.82, 2.24) is 10.1 Å². The number of nitrogens with zero attached hydrogens (tertiary/aromatic N) is 2. The Bertz CT molecular complexity index is 897. The molecule has 2 heterocycles. The first-order chi connectivity index (χ1) is 11.9. The van der Waals surface area contributed by atoms with E-state index in [2.05, 4.69) is 21.5 Å². The zero-order valence-electron chi connectivity index (χ0n) is 14.2. The Morgan fingerprint density at radius 3 is 2.80 bits per heavy atom. The third-order valence-corrected chi connectivity index (χ3v) is 5.25. The zero-order chi connectivity index (χ0) is 18.0. The maximum Gasteiger partial charge on any atom is 0.230 e. The van der Waals surface area contributed by atoms with Gasteiger partial charge in [0, 0.05) is 28.1 Å². The van der Waals surface area contributed by atoms with Crippen LogP contribution >= 0.6 is 22.9 Å². The number of benzene rings is 1. The van der Waals surface area contributed by atoms with Gasteiger partial charge in [0.1, 0.15) is 5.76 Å². The molecule has 0 bridgehead atoms. The van der Waals surface area contributed by atoms with Crippen LogP contribution in [-0.2, 0) is 17.6 Å². The molecule has 3 aromatic rings. The average molecular weight is 376 g/mol. The molecule has 0 aliphatic heterocycles. The smallest absolute Gasteiger partial charge is 0.230 e. The number of halogens is 1. The minimum absolute atomic E-state index is 0.131. The van der Waals surface area contributed by atoms with Crippen molar-refractivity contribution in [3.8, 4) is 0 Å². The van der Waals surface area contributed by atoms with E-state index in [4.69, 9.17) is 16.1 Å². The van der Waals surface area contributed by atoms with E-state index in [9.17, 15) is 4.79 Å². The molecule has 5 nitrogen and oxygen atoms in total. The summed E-state index contributed by atoms with van der Waals surface area (Å²) >= 11 is 7.63. The molecule has 0 radical (unpaired) electrons. The Morgan fingerprint density at radius 2 is 2.12 bits per heavy atom. The van der Waals surface area contributed by atoms with Crippen molar-refractivity contribution in [1.29, 1.82) is 0 Å². The van der Waals surface area contributed by atoms with Crippen LogP contribution in [0.2, 0.25) is 5.02 Å². The fourth-order valence-electron chi connectivity index (χ4n) is 2.47. The minimum Gasteiger partial charge on any atom is -0.361 e. The Balaban J connectivity index is 1.63. The van der Waals surface area contributed by atoms with Gasteiger partial charge in [-0.1, -0.05) is 28.9 Å².